The SMILES string of the molecule is FC(F)C(F)(F)C(F)(F)C(F)(F)F.c1ccc([I+]c2ccccc2)cc1. The van der Waals surface area contributed by atoms with E-state index in [0.29, 0.717) is 0 Å². The molecule has 2 rings (SSSR count). The van der Waals surface area contributed by atoms with E-state index >= 15 is 0 Å². The molecular weight excluding hydrogens is 490 g/mol. The molecule has 0 nitrogen and oxygen atoms in total. The zero-order valence-corrected chi connectivity index (χ0v) is 14.8. The molecular formula is C16H11F9I+. The lowest BCUT2D eigenvalue weighted by molar-refractivity contribution is -0.597. The molecule has 0 bridgehead atoms. The molecule has 0 fully saturated rings. The predicted octanol–water partition coefficient (Wildman–Crippen LogP) is 2.90. The Balaban J connectivity index is 0.000000260. The van der Waals surface area contributed by atoms with Crippen molar-refractivity contribution in [1.29, 1.82) is 0 Å². The highest BCUT2D eigenvalue weighted by atomic mass is 127. The molecule has 0 N–H and O–H groups in total. The number of benzene rings is 2. The van der Waals surface area contributed by atoms with E-state index in [2.05, 4.69) is 60.7 Å². The first-order valence-corrected chi connectivity index (χ1v) is 8.90. The maximum atomic E-state index is 11.6. The highest BCUT2D eigenvalue weighted by Gasteiger charge is 2.76. The minimum Gasteiger partial charge on any atom is -0.203 e. The van der Waals surface area contributed by atoms with Gasteiger partial charge in [-0.2, -0.15) is 30.7 Å². The number of halogens is 10. The fourth-order valence-electron chi connectivity index (χ4n) is 1.41. The van der Waals surface area contributed by atoms with Crippen LogP contribution in [-0.2, 0) is 0 Å². The van der Waals surface area contributed by atoms with Gasteiger partial charge in [-0.05, 0) is 24.3 Å². The molecule has 0 aliphatic heterocycles. The Labute approximate surface area is 153 Å². The third-order valence-corrected chi connectivity index (χ3v) is 5.42. The van der Waals surface area contributed by atoms with E-state index in [9.17, 15) is 39.5 Å². The summed E-state index contributed by atoms with van der Waals surface area (Å²) in [4.78, 5) is 0. The fourth-order valence-corrected chi connectivity index (χ4v) is 3.68. The molecule has 0 saturated carbocycles. The van der Waals surface area contributed by atoms with Crippen LogP contribution in [0.3, 0.4) is 0 Å². The van der Waals surface area contributed by atoms with Crippen LogP contribution >= 0.6 is 0 Å². The van der Waals surface area contributed by atoms with Crippen molar-refractivity contribution >= 4 is 0 Å². The molecule has 0 aliphatic rings. The van der Waals surface area contributed by atoms with Crippen LogP contribution < -0.4 is 21.2 Å². The monoisotopic (exact) mass is 501 g/mol. The van der Waals surface area contributed by atoms with E-state index in [1.807, 2.05) is 0 Å². The fraction of sp³-hybridized carbons (Fsp3) is 0.250. The minimum absolute atomic E-state index is 0.0287. The molecule has 0 radical (unpaired) electrons. The number of rotatable bonds is 4. The second kappa shape index (κ2) is 8.96. The molecule has 0 amide bonds. The zero-order chi connectivity index (χ0) is 20.0. The van der Waals surface area contributed by atoms with Crippen LogP contribution in [0.4, 0.5) is 39.5 Å². The van der Waals surface area contributed by atoms with Crippen molar-refractivity contribution in [3.63, 3.8) is 0 Å². The topological polar surface area (TPSA) is 0 Å². The van der Waals surface area contributed by atoms with Gasteiger partial charge in [0.1, 0.15) is 0 Å². The largest absolute Gasteiger partial charge is 0.460 e. The van der Waals surface area contributed by atoms with Gasteiger partial charge in [0.05, 0.1) is 0 Å². The molecule has 0 unspecified atom stereocenters. The van der Waals surface area contributed by atoms with Crippen molar-refractivity contribution < 1.29 is 60.7 Å². The summed E-state index contributed by atoms with van der Waals surface area (Å²) in [6, 6.07) is 21.4. The Morgan fingerprint density at radius 1 is 0.615 bits per heavy atom. The van der Waals surface area contributed by atoms with Crippen molar-refractivity contribution in [2.45, 2.75) is 24.4 Å². The molecule has 0 saturated heterocycles. The van der Waals surface area contributed by atoms with Crippen molar-refractivity contribution in [2.24, 2.45) is 0 Å². The summed E-state index contributed by atoms with van der Waals surface area (Å²) in [7, 11) is 0. The number of hydrogen-bond donors (Lipinski definition) is 0. The maximum Gasteiger partial charge on any atom is 0.460 e. The van der Waals surface area contributed by atoms with Gasteiger partial charge >= 0.3 is 45.7 Å². The van der Waals surface area contributed by atoms with E-state index < -0.39 is 24.4 Å². The summed E-state index contributed by atoms with van der Waals surface area (Å²) >= 11 is 0.0287. The van der Waals surface area contributed by atoms with E-state index in [-0.39, 0.29) is 21.2 Å². The molecule has 10 heteroatoms. The summed E-state index contributed by atoms with van der Waals surface area (Å²) < 4.78 is 105. The van der Waals surface area contributed by atoms with Gasteiger partial charge in [-0.1, -0.05) is 36.4 Å². The molecule has 0 heterocycles. The van der Waals surface area contributed by atoms with Gasteiger partial charge < -0.3 is 0 Å². The Morgan fingerprint density at radius 3 is 1.19 bits per heavy atom. The highest BCUT2D eigenvalue weighted by Crippen LogP contribution is 2.48. The van der Waals surface area contributed by atoms with Crippen LogP contribution in [0.5, 0.6) is 0 Å². The molecule has 144 valence electrons. The standard InChI is InChI=1S/C12H10I.C4HF9/c1-3-7-11(8-4-1)13-12-9-5-2-6-10-12;5-1(6)2(7,8)3(9,10)4(11,12)13/h1-10H;1H/q+1;. The Kier molecular flexibility index (Phi) is 7.78. The Hall–Kier alpha value is -1.46. The summed E-state index contributed by atoms with van der Waals surface area (Å²) in [5, 5.41) is 0. The Morgan fingerprint density at radius 2 is 0.962 bits per heavy atom. The Bertz CT molecular complexity index is 617. The number of hydrogen-bond acceptors (Lipinski definition) is 0. The third-order valence-electron chi connectivity index (χ3n) is 2.73. The van der Waals surface area contributed by atoms with E-state index in [4.69, 9.17) is 0 Å². The van der Waals surface area contributed by atoms with Gasteiger partial charge in [-0.3, -0.25) is 0 Å². The quantitative estimate of drug-likeness (QED) is 0.447. The first-order valence-electron chi connectivity index (χ1n) is 6.75. The molecule has 26 heavy (non-hydrogen) atoms. The average Bonchev–Trinajstić information content (AvgIpc) is 2.56. The lowest BCUT2D eigenvalue weighted by Crippen LogP contribution is -3.61. The van der Waals surface area contributed by atoms with Crippen LogP contribution in [0.15, 0.2) is 60.7 Å². The number of alkyl halides is 9. The van der Waals surface area contributed by atoms with Crippen molar-refractivity contribution in [1.82, 2.24) is 0 Å². The van der Waals surface area contributed by atoms with Crippen LogP contribution in [0.1, 0.15) is 0 Å². The first-order chi connectivity index (χ1) is 11.9. The molecule has 0 aliphatic carbocycles. The van der Waals surface area contributed by atoms with Crippen molar-refractivity contribution in [2.75, 3.05) is 0 Å². The first kappa shape index (κ1) is 22.6. The van der Waals surface area contributed by atoms with Crippen LogP contribution in [0.2, 0.25) is 0 Å². The van der Waals surface area contributed by atoms with Crippen LogP contribution in [0.25, 0.3) is 0 Å². The average molecular weight is 501 g/mol. The third kappa shape index (κ3) is 5.78. The lowest BCUT2D eigenvalue weighted by Gasteiger charge is -2.27. The van der Waals surface area contributed by atoms with E-state index in [1.54, 1.807) is 0 Å². The second-order valence-electron chi connectivity index (χ2n) is 4.68. The van der Waals surface area contributed by atoms with Gasteiger partial charge in [0.25, 0.3) is 0 Å². The lowest BCUT2D eigenvalue weighted by atomic mass is 10.2. The summed E-state index contributed by atoms with van der Waals surface area (Å²) in [6.07, 6.45) is -11.8. The van der Waals surface area contributed by atoms with Crippen LogP contribution in [0, 0.1) is 7.14 Å². The van der Waals surface area contributed by atoms with Gasteiger partial charge in [0.2, 0.25) is 0 Å². The smallest absolute Gasteiger partial charge is 0.203 e. The van der Waals surface area contributed by atoms with E-state index in [1.165, 1.54) is 7.14 Å². The summed E-state index contributed by atoms with van der Waals surface area (Å²) in [5.41, 5.74) is 0. The van der Waals surface area contributed by atoms with Crippen LogP contribution in [-0.4, -0.2) is 24.4 Å². The van der Waals surface area contributed by atoms with Gasteiger partial charge in [-0.15, -0.1) is 0 Å². The molecule has 0 spiro atoms. The van der Waals surface area contributed by atoms with Crippen molar-refractivity contribution in [3.05, 3.63) is 67.8 Å². The molecule has 2 aromatic rings. The zero-order valence-electron chi connectivity index (χ0n) is 12.6. The van der Waals surface area contributed by atoms with Gasteiger partial charge in [0, 0.05) is 0 Å². The maximum absolute atomic E-state index is 11.6. The second-order valence-corrected chi connectivity index (χ2v) is 7.71. The minimum atomic E-state index is -6.73. The highest BCUT2D eigenvalue weighted by molar-refractivity contribution is 5.02. The predicted molar refractivity (Wildman–Crippen MR) is 72.2 cm³/mol. The normalized spacial score (nSPS) is 12.5. The van der Waals surface area contributed by atoms with Gasteiger partial charge in [0.15, 0.2) is 7.14 Å². The van der Waals surface area contributed by atoms with Crippen molar-refractivity contribution in [3.8, 4) is 0 Å². The van der Waals surface area contributed by atoms with E-state index in [0.717, 1.165) is 0 Å². The molecule has 0 aromatic heterocycles. The summed E-state index contributed by atoms with van der Waals surface area (Å²) in [5.74, 6) is -13.1. The molecule has 2 aromatic carbocycles. The molecule has 0 atom stereocenters. The summed E-state index contributed by atoms with van der Waals surface area (Å²) in [6.45, 7) is 0. The van der Waals surface area contributed by atoms with Gasteiger partial charge in [-0.25, -0.2) is 8.78 Å².